The zero-order valence-corrected chi connectivity index (χ0v) is 21.6. The maximum atomic E-state index is 12.5. The maximum absolute atomic E-state index is 12.5. The van der Waals surface area contributed by atoms with Gasteiger partial charge in [-0.05, 0) is 24.3 Å². The van der Waals surface area contributed by atoms with E-state index >= 15 is 0 Å². The third-order valence-corrected chi connectivity index (χ3v) is 5.19. The molecule has 10 nitrogen and oxygen atoms in total. The number of aliphatic hydroxyl groups is 3. The number of methoxy groups -OCH3 is 1. The molecule has 0 aliphatic rings. The third-order valence-electron chi connectivity index (χ3n) is 5.19. The van der Waals surface area contributed by atoms with E-state index in [1.54, 1.807) is 6.08 Å². The summed E-state index contributed by atoms with van der Waals surface area (Å²) in [6, 6.07) is 8.52. The van der Waals surface area contributed by atoms with Crippen LogP contribution >= 0.6 is 0 Å². The summed E-state index contributed by atoms with van der Waals surface area (Å²) < 4.78 is 10.1. The molecule has 0 aliphatic carbocycles. The number of nitrogens with one attached hydrogen (secondary N) is 2. The molecule has 0 saturated heterocycles. The van der Waals surface area contributed by atoms with Crippen molar-refractivity contribution in [3.63, 3.8) is 0 Å². The Balaban J connectivity index is 2.43. The lowest BCUT2D eigenvalue weighted by Crippen LogP contribution is -2.55. The molecule has 5 N–H and O–H groups in total. The van der Waals surface area contributed by atoms with E-state index in [1.807, 2.05) is 51.1 Å². The van der Waals surface area contributed by atoms with E-state index in [2.05, 4.69) is 10.6 Å². The van der Waals surface area contributed by atoms with Crippen LogP contribution in [-0.2, 0) is 30.3 Å². The number of hydrogen-bond acceptors (Lipinski definition) is 8. The van der Waals surface area contributed by atoms with Crippen LogP contribution in [0.3, 0.4) is 0 Å². The number of aliphatic hydroxyl groups excluding tert-OH is 3. The summed E-state index contributed by atoms with van der Waals surface area (Å²) in [6.07, 6.45) is -2.62. The van der Waals surface area contributed by atoms with Gasteiger partial charge in [0.05, 0.1) is 6.54 Å². The highest BCUT2D eigenvalue weighted by Gasteiger charge is 2.36. The van der Waals surface area contributed by atoms with Crippen LogP contribution in [0, 0.1) is 5.41 Å². The van der Waals surface area contributed by atoms with Gasteiger partial charge in [0.25, 0.3) is 5.91 Å². The molecule has 0 radical (unpaired) electrons. The number of allylic oxidation sites excluding steroid dienone is 1. The highest BCUT2D eigenvalue weighted by Crippen LogP contribution is 2.17. The fourth-order valence-electron chi connectivity index (χ4n) is 3.10. The van der Waals surface area contributed by atoms with Crippen molar-refractivity contribution in [3.05, 3.63) is 48.0 Å². The highest BCUT2D eigenvalue weighted by molar-refractivity contribution is 5.89. The first-order valence-electron chi connectivity index (χ1n) is 11.9. The van der Waals surface area contributed by atoms with Crippen molar-refractivity contribution < 1.29 is 39.2 Å². The lowest BCUT2D eigenvalue weighted by molar-refractivity contribution is -0.150. The predicted octanol–water partition coefficient (Wildman–Crippen LogP) is 0.483. The van der Waals surface area contributed by atoms with E-state index in [4.69, 9.17) is 9.47 Å². The summed E-state index contributed by atoms with van der Waals surface area (Å²) in [7, 11) is 1.16. The Hall–Kier alpha value is -2.79. The average molecular weight is 509 g/mol. The summed E-state index contributed by atoms with van der Waals surface area (Å²) in [6.45, 7) is 7.14. The molecule has 0 spiro atoms. The molecule has 202 valence electrons. The first kappa shape index (κ1) is 31.2. The Labute approximate surface area is 212 Å². The van der Waals surface area contributed by atoms with E-state index in [9.17, 15) is 29.7 Å². The number of esters is 1. The number of benzene rings is 1. The highest BCUT2D eigenvalue weighted by atomic mass is 16.5. The van der Waals surface area contributed by atoms with Crippen LogP contribution in [0.2, 0.25) is 0 Å². The van der Waals surface area contributed by atoms with Crippen molar-refractivity contribution in [2.45, 2.75) is 71.0 Å². The van der Waals surface area contributed by atoms with Gasteiger partial charge in [-0.25, -0.2) is 0 Å². The normalized spacial score (nSPS) is 16.0. The molecule has 10 heteroatoms. The monoisotopic (exact) mass is 508 g/mol. The summed E-state index contributed by atoms with van der Waals surface area (Å²) >= 11 is 0. The van der Waals surface area contributed by atoms with Crippen LogP contribution < -0.4 is 10.6 Å². The van der Waals surface area contributed by atoms with Crippen LogP contribution in [0.4, 0.5) is 0 Å². The second-order valence-corrected chi connectivity index (χ2v) is 9.58. The molecule has 2 amide bonds. The Kier molecular flexibility index (Phi) is 13.3. The summed E-state index contributed by atoms with van der Waals surface area (Å²) in [5.74, 6) is -1.77. The van der Waals surface area contributed by atoms with E-state index in [-0.39, 0.29) is 31.0 Å². The number of ether oxygens (including phenoxy) is 2. The summed E-state index contributed by atoms with van der Waals surface area (Å²) in [4.78, 5) is 36.6. The van der Waals surface area contributed by atoms with Gasteiger partial charge in [0, 0.05) is 13.5 Å². The van der Waals surface area contributed by atoms with Gasteiger partial charge in [0.15, 0.2) is 6.10 Å². The van der Waals surface area contributed by atoms with Gasteiger partial charge in [0.1, 0.15) is 31.0 Å². The fourth-order valence-corrected chi connectivity index (χ4v) is 3.10. The van der Waals surface area contributed by atoms with Crippen molar-refractivity contribution in [1.29, 1.82) is 0 Å². The first-order valence-corrected chi connectivity index (χ1v) is 11.9. The second-order valence-electron chi connectivity index (χ2n) is 9.58. The van der Waals surface area contributed by atoms with Crippen LogP contribution in [0.1, 0.15) is 39.7 Å². The number of hydrogen-bond donors (Lipinski definition) is 5. The topological polar surface area (TPSA) is 154 Å². The Morgan fingerprint density at radius 2 is 1.67 bits per heavy atom. The predicted molar refractivity (Wildman–Crippen MR) is 134 cm³/mol. The first-order chi connectivity index (χ1) is 16.9. The standard InChI is InChI=1S/C26H40N2O8/c1-17(24(33)27-15-16-36-20(30)12-11-18-9-7-6-8-10-18)28-25(34)23(35-5)22(32)21(31)19(29)13-14-26(2,3)4/h6-10,13-14,17,19,21-23,29,31-32H,11-12,15-16H2,1-5H3,(H,27,33)(H,28,34)/t17-,19+,21-,22+,23+/m0/s1. The third kappa shape index (κ3) is 11.8. The molecule has 0 unspecified atom stereocenters. The van der Waals surface area contributed by atoms with Crippen molar-refractivity contribution in [2.75, 3.05) is 20.3 Å². The zero-order valence-electron chi connectivity index (χ0n) is 21.6. The fraction of sp³-hybridized carbons (Fsp3) is 0.577. The van der Waals surface area contributed by atoms with E-state index in [0.29, 0.717) is 6.42 Å². The molecule has 0 aliphatic heterocycles. The van der Waals surface area contributed by atoms with Crippen molar-refractivity contribution in [2.24, 2.45) is 5.41 Å². The molecular weight excluding hydrogens is 468 g/mol. The zero-order chi connectivity index (χ0) is 27.3. The minimum absolute atomic E-state index is 0.0222. The number of amides is 2. The summed E-state index contributed by atoms with van der Waals surface area (Å²) in [5, 5.41) is 35.7. The molecule has 5 atom stereocenters. The van der Waals surface area contributed by atoms with Gasteiger partial charge in [-0.1, -0.05) is 63.3 Å². The quantitative estimate of drug-likeness (QED) is 0.138. The Morgan fingerprint density at radius 3 is 2.25 bits per heavy atom. The molecule has 0 heterocycles. The molecule has 0 fully saturated rings. The van der Waals surface area contributed by atoms with Crippen molar-refractivity contribution in [3.8, 4) is 0 Å². The number of rotatable bonds is 14. The molecule has 0 aromatic heterocycles. The Bertz CT molecular complexity index is 853. The van der Waals surface area contributed by atoms with E-state index in [0.717, 1.165) is 12.7 Å². The van der Waals surface area contributed by atoms with Crippen molar-refractivity contribution >= 4 is 17.8 Å². The van der Waals surface area contributed by atoms with Gasteiger partial charge in [0.2, 0.25) is 5.91 Å². The number of carbonyl (C=O) groups is 3. The average Bonchev–Trinajstić information content (AvgIpc) is 2.83. The van der Waals surface area contributed by atoms with Crippen LogP contribution in [0.15, 0.2) is 42.5 Å². The smallest absolute Gasteiger partial charge is 0.306 e. The molecule has 1 aromatic carbocycles. The number of carbonyl (C=O) groups excluding carboxylic acids is 3. The van der Waals surface area contributed by atoms with Crippen LogP contribution in [0.5, 0.6) is 0 Å². The Morgan fingerprint density at radius 1 is 1.03 bits per heavy atom. The van der Waals surface area contributed by atoms with Crippen LogP contribution in [-0.4, -0.2) is 83.8 Å². The lowest BCUT2D eigenvalue weighted by Gasteiger charge is -2.28. The van der Waals surface area contributed by atoms with Gasteiger partial charge in [-0.3, -0.25) is 14.4 Å². The van der Waals surface area contributed by atoms with Gasteiger partial charge >= 0.3 is 5.97 Å². The lowest BCUT2D eigenvalue weighted by atomic mass is 9.94. The SMILES string of the molecule is CO[C@@H](C(=O)N[C@@H](C)C(=O)NCCOC(=O)CCc1ccccc1)[C@H](O)[C@@H](O)[C@H](O)C=CC(C)(C)C. The molecule has 0 saturated carbocycles. The van der Waals surface area contributed by atoms with E-state index < -0.39 is 42.3 Å². The van der Waals surface area contributed by atoms with Gasteiger partial charge < -0.3 is 35.4 Å². The minimum atomic E-state index is -1.75. The van der Waals surface area contributed by atoms with Crippen LogP contribution in [0.25, 0.3) is 0 Å². The summed E-state index contributed by atoms with van der Waals surface area (Å²) in [5.41, 5.74) is 0.766. The van der Waals surface area contributed by atoms with Gasteiger partial charge in [-0.2, -0.15) is 0 Å². The molecule has 1 aromatic rings. The molecular formula is C26H40N2O8. The molecule has 1 rings (SSSR count). The van der Waals surface area contributed by atoms with E-state index in [1.165, 1.54) is 13.0 Å². The second kappa shape index (κ2) is 15.4. The maximum Gasteiger partial charge on any atom is 0.306 e. The molecule has 0 bridgehead atoms. The largest absolute Gasteiger partial charge is 0.464 e. The molecule has 36 heavy (non-hydrogen) atoms. The van der Waals surface area contributed by atoms with Crippen molar-refractivity contribution in [1.82, 2.24) is 10.6 Å². The minimum Gasteiger partial charge on any atom is -0.464 e. The number of aryl methyl sites for hydroxylation is 1. The van der Waals surface area contributed by atoms with Gasteiger partial charge in [-0.15, -0.1) is 0 Å².